The molecule has 9 nitrogen and oxygen atoms in total. The van der Waals surface area contributed by atoms with Crippen LogP contribution in [-0.2, 0) is 16.1 Å². The van der Waals surface area contributed by atoms with Crippen molar-refractivity contribution in [1.82, 2.24) is 10.2 Å². The fourth-order valence-electron chi connectivity index (χ4n) is 3.38. The third-order valence-corrected chi connectivity index (χ3v) is 4.93. The molecule has 156 valence electrons. The molecule has 9 heteroatoms. The first kappa shape index (κ1) is 19.6. The van der Waals surface area contributed by atoms with Gasteiger partial charge in [0, 0.05) is 6.42 Å². The number of carbonyl (C=O) groups is 3. The Morgan fingerprint density at radius 3 is 2.83 bits per heavy atom. The highest BCUT2D eigenvalue weighted by molar-refractivity contribution is 6.04. The average molecular weight is 411 g/mol. The van der Waals surface area contributed by atoms with E-state index in [0.29, 0.717) is 22.9 Å². The van der Waals surface area contributed by atoms with Crippen LogP contribution in [0.25, 0.3) is 0 Å². The standard InChI is InChI=1S/C21H21N3O6/c1-28-16-5-3-2-4-14(16)22-19(25)9-7-15-20(26)24(21(27)23-15)11-13-6-8-17-18(10-13)30-12-29-17/h2-6,8,10,15H,7,9,11-12H2,1H3,(H,22,25)(H,23,27)/t15-/m0/s1. The summed E-state index contributed by atoms with van der Waals surface area (Å²) in [6, 6.07) is 11.1. The molecule has 1 fully saturated rings. The molecular formula is C21H21N3O6. The highest BCUT2D eigenvalue weighted by Crippen LogP contribution is 2.33. The van der Waals surface area contributed by atoms with Gasteiger partial charge in [-0.1, -0.05) is 18.2 Å². The van der Waals surface area contributed by atoms with E-state index in [0.717, 1.165) is 10.5 Å². The molecule has 0 unspecified atom stereocenters. The fraction of sp³-hybridized carbons (Fsp3) is 0.286. The number of anilines is 1. The number of hydrogen-bond donors (Lipinski definition) is 2. The van der Waals surface area contributed by atoms with Crippen molar-refractivity contribution >= 4 is 23.5 Å². The number of fused-ring (bicyclic) bond motifs is 1. The average Bonchev–Trinajstić information content (AvgIpc) is 3.32. The van der Waals surface area contributed by atoms with Crippen LogP contribution in [0.15, 0.2) is 42.5 Å². The van der Waals surface area contributed by atoms with Gasteiger partial charge in [-0.3, -0.25) is 14.5 Å². The van der Waals surface area contributed by atoms with Crippen LogP contribution in [0, 0.1) is 0 Å². The van der Waals surface area contributed by atoms with Gasteiger partial charge in [0.05, 0.1) is 19.3 Å². The lowest BCUT2D eigenvalue weighted by Gasteiger charge is -2.14. The van der Waals surface area contributed by atoms with Crippen molar-refractivity contribution in [1.29, 1.82) is 0 Å². The normalized spacial score (nSPS) is 17.1. The van der Waals surface area contributed by atoms with Gasteiger partial charge in [-0.25, -0.2) is 4.79 Å². The minimum absolute atomic E-state index is 0.0760. The van der Waals surface area contributed by atoms with Crippen LogP contribution in [0.1, 0.15) is 18.4 Å². The van der Waals surface area contributed by atoms with Crippen LogP contribution in [0.5, 0.6) is 17.2 Å². The summed E-state index contributed by atoms with van der Waals surface area (Å²) in [4.78, 5) is 38.3. The van der Waals surface area contributed by atoms with Gasteiger partial charge in [-0.05, 0) is 36.2 Å². The van der Waals surface area contributed by atoms with Crippen molar-refractivity contribution in [3.05, 3.63) is 48.0 Å². The van der Waals surface area contributed by atoms with E-state index in [9.17, 15) is 14.4 Å². The topological polar surface area (TPSA) is 106 Å². The number of methoxy groups -OCH3 is 1. The number of rotatable bonds is 7. The van der Waals surface area contributed by atoms with Crippen molar-refractivity contribution in [2.75, 3.05) is 19.2 Å². The lowest BCUT2D eigenvalue weighted by molar-refractivity contribution is -0.128. The molecule has 4 amide bonds. The van der Waals surface area contributed by atoms with E-state index >= 15 is 0 Å². The third-order valence-electron chi connectivity index (χ3n) is 4.93. The number of imide groups is 1. The van der Waals surface area contributed by atoms with Gasteiger partial charge in [0.25, 0.3) is 5.91 Å². The number of urea groups is 1. The Labute approximate surface area is 172 Å². The van der Waals surface area contributed by atoms with E-state index in [1.54, 1.807) is 42.5 Å². The van der Waals surface area contributed by atoms with Crippen LogP contribution in [0.3, 0.4) is 0 Å². The second-order valence-electron chi connectivity index (χ2n) is 6.90. The van der Waals surface area contributed by atoms with Crippen molar-refractivity contribution in [3.63, 3.8) is 0 Å². The molecule has 2 aliphatic rings. The number of hydrogen-bond acceptors (Lipinski definition) is 6. The van der Waals surface area contributed by atoms with Crippen LogP contribution < -0.4 is 24.8 Å². The van der Waals surface area contributed by atoms with Crippen LogP contribution in [0.4, 0.5) is 10.5 Å². The quantitative estimate of drug-likeness (QED) is 0.677. The molecule has 0 aromatic heterocycles. The molecule has 1 atom stereocenters. The number of benzene rings is 2. The maximum absolute atomic E-state index is 12.7. The second kappa shape index (κ2) is 8.32. The molecule has 0 aliphatic carbocycles. The van der Waals surface area contributed by atoms with Gasteiger partial charge < -0.3 is 24.8 Å². The number of para-hydroxylation sites is 2. The summed E-state index contributed by atoms with van der Waals surface area (Å²) >= 11 is 0. The zero-order chi connectivity index (χ0) is 21.1. The predicted octanol–water partition coefficient (Wildman–Crippen LogP) is 2.26. The van der Waals surface area contributed by atoms with E-state index in [2.05, 4.69) is 10.6 Å². The summed E-state index contributed by atoms with van der Waals surface area (Å²) in [5.74, 6) is 1.14. The van der Waals surface area contributed by atoms with E-state index in [4.69, 9.17) is 14.2 Å². The van der Waals surface area contributed by atoms with Gasteiger partial charge in [-0.2, -0.15) is 0 Å². The summed E-state index contributed by atoms with van der Waals surface area (Å²) < 4.78 is 15.8. The Morgan fingerprint density at radius 2 is 2.00 bits per heavy atom. The lowest BCUT2D eigenvalue weighted by atomic mass is 10.1. The van der Waals surface area contributed by atoms with Gasteiger partial charge >= 0.3 is 6.03 Å². The largest absolute Gasteiger partial charge is 0.495 e. The zero-order valence-corrected chi connectivity index (χ0v) is 16.3. The molecule has 2 aliphatic heterocycles. The van der Waals surface area contributed by atoms with Gasteiger partial charge in [-0.15, -0.1) is 0 Å². The first-order chi connectivity index (χ1) is 14.5. The lowest BCUT2D eigenvalue weighted by Crippen LogP contribution is -2.31. The highest BCUT2D eigenvalue weighted by atomic mass is 16.7. The van der Waals surface area contributed by atoms with E-state index < -0.39 is 12.1 Å². The monoisotopic (exact) mass is 411 g/mol. The van der Waals surface area contributed by atoms with Crippen molar-refractivity contribution < 1.29 is 28.6 Å². The first-order valence-electron chi connectivity index (χ1n) is 9.48. The molecule has 1 saturated heterocycles. The number of ether oxygens (including phenoxy) is 3. The van der Waals surface area contributed by atoms with E-state index in [-0.39, 0.29) is 38.0 Å². The van der Waals surface area contributed by atoms with Gasteiger partial charge in [0.15, 0.2) is 11.5 Å². The number of nitrogens with one attached hydrogen (secondary N) is 2. The van der Waals surface area contributed by atoms with E-state index in [1.165, 1.54) is 7.11 Å². The Hall–Kier alpha value is -3.75. The molecule has 4 rings (SSSR count). The SMILES string of the molecule is COc1ccccc1NC(=O)CC[C@@H]1NC(=O)N(Cc2ccc3c(c2)OCO3)C1=O. The van der Waals surface area contributed by atoms with Crippen LogP contribution >= 0.6 is 0 Å². The molecule has 2 N–H and O–H groups in total. The van der Waals surface area contributed by atoms with Crippen LogP contribution in [-0.4, -0.2) is 42.7 Å². The number of carbonyl (C=O) groups excluding carboxylic acids is 3. The van der Waals surface area contributed by atoms with Crippen molar-refractivity contribution in [3.8, 4) is 17.2 Å². The van der Waals surface area contributed by atoms with Crippen molar-refractivity contribution in [2.45, 2.75) is 25.4 Å². The number of nitrogens with zero attached hydrogens (tertiary/aromatic N) is 1. The molecule has 0 bridgehead atoms. The van der Waals surface area contributed by atoms with Crippen molar-refractivity contribution in [2.24, 2.45) is 0 Å². The summed E-state index contributed by atoms with van der Waals surface area (Å²) in [5.41, 5.74) is 1.30. The third kappa shape index (κ3) is 4.00. The molecule has 2 aromatic carbocycles. The van der Waals surface area contributed by atoms with Gasteiger partial charge in [0.2, 0.25) is 12.7 Å². The molecule has 0 spiro atoms. The maximum Gasteiger partial charge on any atom is 0.325 e. The molecule has 0 saturated carbocycles. The predicted molar refractivity (Wildman–Crippen MR) is 106 cm³/mol. The summed E-state index contributed by atoms with van der Waals surface area (Å²) in [5, 5.41) is 5.40. The minimum Gasteiger partial charge on any atom is -0.495 e. The molecule has 0 radical (unpaired) electrons. The summed E-state index contributed by atoms with van der Waals surface area (Å²) in [6.45, 7) is 0.270. The summed E-state index contributed by atoms with van der Waals surface area (Å²) in [7, 11) is 1.52. The zero-order valence-electron chi connectivity index (χ0n) is 16.3. The van der Waals surface area contributed by atoms with Gasteiger partial charge in [0.1, 0.15) is 11.8 Å². The van der Waals surface area contributed by atoms with E-state index in [1.807, 2.05) is 0 Å². The minimum atomic E-state index is -0.741. The Balaban J connectivity index is 1.33. The van der Waals surface area contributed by atoms with Crippen LogP contribution in [0.2, 0.25) is 0 Å². The second-order valence-corrected chi connectivity index (χ2v) is 6.90. The Kier molecular flexibility index (Phi) is 5.42. The Morgan fingerprint density at radius 1 is 1.20 bits per heavy atom. The summed E-state index contributed by atoms with van der Waals surface area (Å²) in [6.07, 6.45) is 0.274. The first-order valence-corrected chi connectivity index (χ1v) is 9.48. The molecule has 2 aromatic rings. The fourth-order valence-corrected chi connectivity index (χ4v) is 3.38. The number of amides is 4. The smallest absolute Gasteiger partial charge is 0.325 e. The molecular weight excluding hydrogens is 390 g/mol. The Bertz CT molecular complexity index is 992. The molecule has 2 heterocycles. The maximum atomic E-state index is 12.7. The molecule has 30 heavy (non-hydrogen) atoms. The highest BCUT2D eigenvalue weighted by Gasteiger charge is 2.38.